The SMILES string of the molecule is OB(O)c1ccc(-c2ccc(B(O)O)cc2)cc1.[HH].[HH].[HH].[HH]. The molecular weight excluding hydrogens is 230 g/mol. The zero-order valence-corrected chi connectivity index (χ0v) is 9.56. The van der Waals surface area contributed by atoms with Gasteiger partial charge < -0.3 is 20.1 Å². The third-order valence-corrected chi connectivity index (χ3v) is 2.75. The lowest BCUT2D eigenvalue weighted by Crippen LogP contribution is -2.29. The Hall–Kier alpha value is -1.59. The van der Waals surface area contributed by atoms with Crippen LogP contribution in [0.4, 0.5) is 0 Å². The molecule has 98 valence electrons. The average molecular weight is 250 g/mol. The van der Waals surface area contributed by atoms with Crippen LogP contribution in [0.5, 0.6) is 0 Å². The molecule has 0 heterocycles. The summed E-state index contributed by atoms with van der Waals surface area (Å²) in [6.07, 6.45) is 0. The van der Waals surface area contributed by atoms with E-state index in [1.165, 1.54) is 0 Å². The Morgan fingerprint density at radius 3 is 1.06 bits per heavy atom. The summed E-state index contributed by atoms with van der Waals surface area (Å²) in [5.41, 5.74) is 2.69. The molecule has 18 heavy (non-hydrogen) atoms. The molecule has 6 heteroatoms. The summed E-state index contributed by atoms with van der Waals surface area (Å²) in [5.74, 6) is 0. The van der Waals surface area contributed by atoms with E-state index < -0.39 is 14.2 Å². The Kier molecular flexibility index (Phi) is 3.84. The third-order valence-electron chi connectivity index (χ3n) is 2.75. The Bertz CT molecular complexity index is 474. The summed E-state index contributed by atoms with van der Waals surface area (Å²) < 4.78 is 0. The van der Waals surface area contributed by atoms with Crippen LogP contribution in [0.25, 0.3) is 11.1 Å². The Balaban J connectivity index is -0.000000902. The maximum absolute atomic E-state index is 8.98. The molecule has 0 radical (unpaired) electrons. The van der Waals surface area contributed by atoms with Gasteiger partial charge >= 0.3 is 14.2 Å². The quantitative estimate of drug-likeness (QED) is 0.563. The van der Waals surface area contributed by atoms with Gasteiger partial charge in [-0.25, -0.2) is 0 Å². The minimum atomic E-state index is -1.47. The molecule has 0 aliphatic carbocycles. The van der Waals surface area contributed by atoms with Crippen LogP contribution in [0.15, 0.2) is 48.5 Å². The Morgan fingerprint density at radius 2 is 0.833 bits per heavy atom. The molecule has 0 saturated carbocycles. The fourth-order valence-electron chi connectivity index (χ4n) is 1.70. The van der Waals surface area contributed by atoms with Gasteiger partial charge in [0.25, 0.3) is 0 Å². The first-order valence-electron chi connectivity index (χ1n) is 5.50. The summed E-state index contributed by atoms with van der Waals surface area (Å²) >= 11 is 0. The summed E-state index contributed by atoms with van der Waals surface area (Å²) in [7, 11) is -2.93. The molecule has 0 aliphatic rings. The second kappa shape index (κ2) is 5.37. The van der Waals surface area contributed by atoms with Gasteiger partial charge in [0, 0.05) is 5.71 Å². The molecule has 0 amide bonds. The van der Waals surface area contributed by atoms with Crippen LogP contribution in [-0.4, -0.2) is 34.3 Å². The number of hydrogen-bond donors (Lipinski definition) is 4. The molecule has 0 bridgehead atoms. The van der Waals surface area contributed by atoms with Crippen molar-refractivity contribution in [2.45, 2.75) is 0 Å². The number of rotatable bonds is 3. The van der Waals surface area contributed by atoms with Gasteiger partial charge in [0.2, 0.25) is 0 Å². The normalized spacial score (nSPS) is 10.2. The molecule has 0 spiro atoms. The monoisotopic (exact) mass is 250 g/mol. The van der Waals surface area contributed by atoms with Gasteiger partial charge in [-0.05, 0) is 22.1 Å². The molecule has 0 saturated heterocycles. The highest BCUT2D eigenvalue weighted by atomic mass is 16.4. The highest BCUT2D eigenvalue weighted by Gasteiger charge is 2.11. The van der Waals surface area contributed by atoms with Crippen LogP contribution in [0, 0.1) is 0 Å². The predicted octanol–water partition coefficient (Wildman–Crippen LogP) is -0.303. The van der Waals surface area contributed by atoms with Crippen LogP contribution in [-0.2, 0) is 0 Å². The molecule has 0 unspecified atom stereocenters. The predicted molar refractivity (Wildman–Crippen MR) is 80.0 cm³/mol. The molecule has 2 rings (SSSR count). The van der Waals surface area contributed by atoms with Crippen molar-refractivity contribution in [1.82, 2.24) is 0 Å². The van der Waals surface area contributed by atoms with E-state index in [2.05, 4.69) is 0 Å². The second-order valence-corrected chi connectivity index (χ2v) is 3.99. The molecular formula is C12H20B2O4. The number of hydrogen-bond acceptors (Lipinski definition) is 4. The fourth-order valence-corrected chi connectivity index (χ4v) is 1.70. The van der Waals surface area contributed by atoms with Gasteiger partial charge in [0.1, 0.15) is 0 Å². The molecule has 0 atom stereocenters. The minimum absolute atomic E-state index is 0. The first-order chi connectivity index (χ1) is 8.58. The van der Waals surface area contributed by atoms with Gasteiger partial charge in [-0.15, -0.1) is 0 Å². The van der Waals surface area contributed by atoms with E-state index in [9.17, 15) is 0 Å². The largest absolute Gasteiger partial charge is 0.488 e. The minimum Gasteiger partial charge on any atom is -0.423 e. The van der Waals surface area contributed by atoms with E-state index >= 15 is 0 Å². The Labute approximate surface area is 111 Å². The van der Waals surface area contributed by atoms with Crippen molar-refractivity contribution in [3.8, 4) is 11.1 Å². The summed E-state index contributed by atoms with van der Waals surface area (Å²) in [5, 5.41) is 35.9. The van der Waals surface area contributed by atoms with Crippen LogP contribution in [0.1, 0.15) is 5.71 Å². The van der Waals surface area contributed by atoms with Crippen LogP contribution in [0.3, 0.4) is 0 Å². The van der Waals surface area contributed by atoms with E-state index in [4.69, 9.17) is 20.1 Å². The first-order valence-corrected chi connectivity index (χ1v) is 5.50. The van der Waals surface area contributed by atoms with Crippen molar-refractivity contribution < 1.29 is 25.8 Å². The second-order valence-electron chi connectivity index (χ2n) is 3.99. The standard InChI is InChI=1S/C12H12B2O4.4H2/c15-13(16)11-5-1-9(2-6-11)10-3-7-12(8-4-10)14(17)18;;;;/h1-8,15-18H;4*1H. The highest BCUT2D eigenvalue weighted by Crippen LogP contribution is 2.16. The molecule has 0 aliphatic heterocycles. The lowest BCUT2D eigenvalue weighted by Gasteiger charge is -2.05. The third kappa shape index (κ3) is 2.80. The van der Waals surface area contributed by atoms with E-state index in [1.54, 1.807) is 48.5 Å². The van der Waals surface area contributed by atoms with Gasteiger partial charge in [0.05, 0.1) is 0 Å². The summed E-state index contributed by atoms with van der Waals surface area (Å²) in [6.45, 7) is 0. The van der Waals surface area contributed by atoms with Crippen molar-refractivity contribution in [2.24, 2.45) is 0 Å². The summed E-state index contributed by atoms with van der Waals surface area (Å²) in [6, 6.07) is 13.6. The van der Waals surface area contributed by atoms with Crippen molar-refractivity contribution >= 4 is 25.2 Å². The van der Waals surface area contributed by atoms with Gasteiger partial charge in [-0.2, -0.15) is 0 Å². The molecule has 2 aromatic rings. The van der Waals surface area contributed by atoms with E-state index in [-0.39, 0.29) is 5.71 Å². The topological polar surface area (TPSA) is 80.9 Å². The molecule has 2 aromatic carbocycles. The maximum Gasteiger partial charge on any atom is 0.488 e. The van der Waals surface area contributed by atoms with Crippen LogP contribution < -0.4 is 10.9 Å². The smallest absolute Gasteiger partial charge is 0.423 e. The molecule has 4 nitrogen and oxygen atoms in total. The van der Waals surface area contributed by atoms with Gasteiger partial charge in [-0.1, -0.05) is 48.5 Å². The highest BCUT2D eigenvalue weighted by molar-refractivity contribution is 6.59. The van der Waals surface area contributed by atoms with Crippen molar-refractivity contribution in [3.05, 3.63) is 48.5 Å². The Morgan fingerprint density at radius 1 is 0.556 bits per heavy atom. The van der Waals surface area contributed by atoms with Gasteiger partial charge in [0.15, 0.2) is 0 Å². The fraction of sp³-hybridized carbons (Fsp3) is 0. The summed E-state index contributed by atoms with van der Waals surface area (Å²) in [4.78, 5) is 0. The lowest BCUT2D eigenvalue weighted by molar-refractivity contribution is 0.424. The molecule has 0 fully saturated rings. The van der Waals surface area contributed by atoms with Crippen molar-refractivity contribution in [2.75, 3.05) is 0 Å². The number of benzene rings is 2. The van der Waals surface area contributed by atoms with Crippen molar-refractivity contribution in [1.29, 1.82) is 0 Å². The maximum atomic E-state index is 8.98. The van der Waals surface area contributed by atoms with Crippen LogP contribution >= 0.6 is 0 Å². The molecule has 4 N–H and O–H groups in total. The van der Waals surface area contributed by atoms with E-state index in [0.29, 0.717) is 10.9 Å². The zero-order chi connectivity index (χ0) is 13.1. The average Bonchev–Trinajstić information content (AvgIpc) is 2.39. The first kappa shape index (κ1) is 12.9. The van der Waals surface area contributed by atoms with E-state index in [1.807, 2.05) is 0 Å². The molecule has 0 aromatic heterocycles. The van der Waals surface area contributed by atoms with Crippen LogP contribution in [0.2, 0.25) is 0 Å². The van der Waals surface area contributed by atoms with E-state index in [0.717, 1.165) is 11.1 Å². The lowest BCUT2D eigenvalue weighted by atomic mass is 9.78. The zero-order valence-electron chi connectivity index (χ0n) is 9.56. The van der Waals surface area contributed by atoms with Crippen molar-refractivity contribution in [3.63, 3.8) is 0 Å². The van der Waals surface area contributed by atoms with Gasteiger partial charge in [-0.3, -0.25) is 0 Å².